The Bertz CT molecular complexity index is 1070. The minimum absolute atomic E-state index is 0.153. The van der Waals surface area contributed by atoms with Crippen LogP contribution in [0.4, 0.5) is 13.2 Å². The maximum absolute atomic E-state index is 12.8. The van der Waals surface area contributed by atoms with Crippen molar-refractivity contribution in [2.24, 2.45) is 5.73 Å². The molecule has 0 saturated heterocycles. The number of benzene rings is 2. The van der Waals surface area contributed by atoms with E-state index in [9.17, 15) is 32.3 Å². The number of carbonyl (C=O) groups excluding carboxylic acids is 4. The Morgan fingerprint density at radius 1 is 0.939 bits per heavy atom. The summed E-state index contributed by atoms with van der Waals surface area (Å²) in [4.78, 5) is 49.5. The molecule has 0 aliphatic rings. The molecule has 0 radical (unpaired) electrons. The quantitative estimate of drug-likeness (QED) is 0.178. The number of rotatable bonds is 8. The van der Waals surface area contributed by atoms with Crippen LogP contribution < -0.4 is 15.8 Å². The van der Waals surface area contributed by atoms with Crippen LogP contribution in [0.1, 0.15) is 29.3 Å². The van der Waals surface area contributed by atoms with E-state index in [-0.39, 0.29) is 22.7 Å². The molecule has 0 saturated carbocycles. The molecule has 2 aromatic rings. The second-order valence-corrected chi connectivity index (χ2v) is 6.49. The predicted octanol–water partition coefficient (Wildman–Crippen LogP) is 2.09. The molecule has 33 heavy (non-hydrogen) atoms. The largest absolute Gasteiger partial charge is 0.491 e. The Labute approximate surface area is 185 Å². The zero-order chi connectivity index (χ0) is 24.8. The van der Waals surface area contributed by atoms with Crippen LogP contribution in [0, 0.1) is 5.41 Å². The lowest BCUT2D eigenvalue weighted by Gasteiger charge is -2.31. The zero-order valence-corrected chi connectivity index (χ0v) is 17.1. The van der Waals surface area contributed by atoms with Crippen molar-refractivity contribution in [3.8, 4) is 5.75 Å². The predicted molar refractivity (Wildman–Crippen MR) is 107 cm³/mol. The number of nitrogens with two attached hydrogens (primary N) is 1. The number of esters is 2. The first-order valence-electron chi connectivity index (χ1n) is 9.28. The van der Waals surface area contributed by atoms with Gasteiger partial charge in [-0.25, -0.2) is 9.59 Å². The smallest absolute Gasteiger partial charge is 0.451 e. The second kappa shape index (κ2) is 9.94. The summed E-state index contributed by atoms with van der Waals surface area (Å²) in [6, 6.07) is 11.9. The van der Waals surface area contributed by atoms with Crippen LogP contribution in [0.3, 0.4) is 0 Å². The molecule has 9 nitrogen and oxygen atoms in total. The van der Waals surface area contributed by atoms with Crippen molar-refractivity contribution in [2.75, 3.05) is 0 Å². The molecule has 0 spiro atoms. The van der Waals surface area contributed by atoms with E-state index in [2.05, 4.69) is 4.74 Å². The molecular formula is C21H18F3N3O6. The minimum Gasteiger partial charge on any atom is -0.451 e. The summed E-state index contributed by atoms with van der Waals surface area (Å²) >= 11 is 0. The Morgan fingerprint density at radius 3 is 1.97 bits per heavy atom. The van der Waals surface area contributed by atoms with Crippen molar-refractivity contribution in [2.45, 2.75) is 25.2 Å². The summed E-state index contributed by atoms with van der Waals surface area (Å²) in [5, 5.41) is 9.32. The maximum atomic E-state index is 12.8. The molecule has 2 rings (SSSR count). The van der Waals surface area contributed by atoms with E-state index in [0.717, 1.165) is 0 Å². The normalized spacial score (nSPS) is 12.7. The number of nitrogen functional groups attached to an aromatic ring is 1. The summed E-state index contributed by atoms with van der Waals surface area (Å²) in [7, 11) is 0. The van der Waals surface area contributed by atoms with E-state index in [1.807, 2.05) is 5.32 Å². The summed E-state index contributed by atoms with van der Waals surface area (Å²) in [5.74, 6) is -7.73. The number of para-hydroxylation sites is 1. The van der Waals surface area contributed by atoms with E-state index in [1.54, 1.807) is 6.07 Å². The number of amidine groups is 1. The first kappa shape index (κ1) is 25.0. The molecule has 0 aromatic heterocycles. The number of ketones is 1. The molecule has 0 aliphatic heterocycles. The lowest BCUT2D eigenvalue weighted by molar-refractivity contribution is -0.207. The lowest BCUT2D eigenvalue weighted by Crippen LogP contribution is -2.65. The summed E-state index contributed by atoms with van der Waals surface area (Å²) in [6.07, 6.45) is -6.03. The van der Waals surface area contributed by atoms with E-state index in [0.29, 0.717) is 0 Å². The third-order valence-electron chi connectivity index (χ3n) is 4.18. The van der Waals surface area contributed by atoms with Crippen LogP contribution in [-0.2, 0) is 19.1 Å². The number of halogens is 3. The van der Waals surface area contributed by atoms with E-state index >= 15 is 0 Å². The Kier molecular flexibility index (Phi) is 7.54. The van der Waals surface area contributed by atoms with Gasteiger partial charge in [0.2, 0.25) is 5.78 Å². The fourth-order valence-corrected chi connectivity index (χ4v) is 2.52. The van der Waals surface area contributed by atoms with Crippen molar-refractivity contribution in [1.82, 2.24) is 5.32 Å². The van der Waals surface area contributed by atoms with Gasteiger partial charge in [0.1, 0.15) is 11.6 Å². The third-order valence-corrected chi connectivity index (χ3v) is 4.18. The second-order valence-electron chi connectivity index (χ2n) is 6.49. The third kappa shape index (κ3) is 5.93. The molecule has 12 heteroatoms. The van der Waals surface area contributed by atoms with Gasteiger partial charge in [-0.3, -0.25) is 20.3 Å². The average molecular weight is 465 g/mol. The van der Waals surface area contributed by atoms with Crippen LogP contribution >= 0.6 is 0 Å². The molecule has 1 atom stereocenters. The van der Waals surface area contributed by atoms with Gasteiger partial charge in [0, 0.05) is 17.5 Å². The molecule has 2 aromatic carbocycles. The first-order chi connectivity index (χ1) is 15.4. The SMILES string of the molecule is CCC(=O)C(NC(=O)c1ccc(C(=N)N)cc1)(Oc1ccccc1)C(=O)OC(=O)C(F)(F)F. The standard InChI is InChI=1S/C21H18F3N3O6/c1-2-15(28)20(33-14-6-4-3-5-7-14,18(30)32-19(31)21(22,23)24)27-17(29)13-10-8-12(9-11-13)16(25)26/h3-11H,2H2,1H3,(H3,25,26)(H,27,29). The topological polar surface area (TPSA) is 149 Å². The maximum Gasteiger partial charge on any atom is 0.491 e. The number of hydrogen-bond donors (Lipinski definition) is 3. The summed E-state index contributed by atoms with van der Waals surface area (Å²) in [6.45, 7) is 1.26. The van der Waals surface area contributed by atoms with Crippen LogP contribution in [0.25, 0.3) is 0 Å². The fourth-order valence-electron chi connectivity index (χ4n) is 2.52. The molecule has 0 bridgehead atoms. The van der Waals surface area contributed by atoms with Gasteiger partial charge in [0.25, 0.3) is 5.91 Å². The summed E-state index contributed by atoms with van der Waals surface area (Å²) < 4.78 is 47.2. The number of carbonyl (C=O) groups is 4. The van der Waals surface area contributed by atoms with E-state index < -0.39 is 42.0 Å². The van der Waals surface area contributed by atoms with Crippen molar-refractivity contribution >= 4 is 29.5 Å². The first-order valence-corrected chi connectivity index (χ1v) is 9.28. The summed E-state index contributed by atoms with van der Waals surface area (Å²) in [5.41, 5.74) is 2.35. The van der Waals surface area contributed by atoms with Crippen molar-refractivity contribution in [3.05, 3.63) is 65.7 Å². The van der Waals surface area contributed by atoms with Gasteiger partial charge in [0.05, 0.1) is 0 Å². The zero-order valence-electron chi connectivity index (χ0n) is 17.1. The van der Waals surface area contributed by atoms with E-state index in [4.69, 9.17) is 15.9 Å². The highest BCUT2D eigenvalue weighted by molar-refractivity contribution is 6.13. The molecule has 1 unspecified atom stereocenters. The highest BCUT2D eigenvalue weighted by Crippen LogP contribution is 2.24. The van der Waals surface area contributed by atoms with Gasteiger partial charge < -0.3 is 15.2 Å². The van der Waals surface area contributed by atoms with Gasteiger partial charge >= 0.3 is 23.8 Å². The average Bonchev–Trinajstić information content (AvgIpc) is 2.77. The van der Waals surface area contributed by atoms with Crippen molar-refractivity contribution < 1.29 is 41.8 Å². The molecule has 0 heterocycles. The number of amides is 1. The molecule has 174 valence electrons. The van der Waals surface area contributed by atoms with Gasteiger partial charge in [-0.1, -0.05) is 37.3 Å². The fraction of sp³-hybridized carbons (Fsp3) is 0.190. The molecule has 0 aliphatic carbocycles. The van der Waals surface area contributed by atoms with Gasteiger partial charge in [-0.05, 0) is 24.3 Å². The number of ether oxygens (including phenoxy) is 2. The van der Waals surface area contributed by atoms with Crippen LogP contribution in [0.5, 0.6) is 5.75 Å². The monoisotopic (exact) mass is 465 g/mol. The number of Topliss-reactive ketones (excluding diaryl/α,β-unsaturated/α-hetero) is 1. The lowest BCUT2D eigenvalue weighted by atomic mass is 10.0. The number of alkyl halides is 3. The molecule has 4 N–H and O–H groups in total. The van der Waals surface area contributed by atoms with Crippen LogP contribution in [-0.4, -0.2) is 41.4 Å². The van der Waals surface area contributed by atoms with Gasteiger partial charge in [-0.15, -0.1) is 0 Å². The highest BCUT2D eigenvalue weighted by atomic mass is 19.4. The van der Waals surface area contributed by atoms with Crippen molar-refractivity contribution in [3.63, 3.8) is 0 Å². The number of nitrogens with one attached hydrogen (secondary N) is 2. The van der Waals surface area contributed by atoms with Crippen LogP contribution in [0.15, 0.2) is 54.6 Å². The Balaban J connectivity index is 2.51. The Hall–Kier alpha value is -4.22. The van der Waals surface area contributed by atoms with Crippen molar-refractivity contribution in [1.29, 1.82) is 5.41 Å². The van der Waals surface area contributed by atoms with Gasteiger partial charge in [0.15, 0.2) is 0 Å². The highest BCUT2D eigenvalue weighted by Gasteiger charge is 2.54. The Morgan fingerprint density at radius 2 is 1.48 bits per heavy atom. The van der Waals surface area contributed by atoms with Gasteiger partial charge in [-0.2, -0.15) is 13.2 Å². The van der Waals surface area contributed by atoms with Crippen LogP contribution in [0.2, 0.25) is 0 Å². The number of hydrogen-bond acceptors (Lipinski definition) is 7. The van der Waals surface area contributed by atoms with E-state index in [1.165, 1.54) is 55.5 Å². The minimum atomic E-state index is -5.55. The molecular weight excluding hydrogens is 447 g/mol. The molecule has 1 amide bonds. The molecule has 0 fully saturated rings.